The highest BCUT2D eigenvalue weighted by Gasteiger charge is 2.04. The van der Waals surface area contributed by atoms with Gasteiger partial charge in [-0.3, -0.25) is 0 Å². The lowest BCUT2D eigenvalue weighted by atomic mass is 10.2. The molecular weight excluding hydrogens is 337 g/mol. The van der Waals surface area contributed by atoms with E-state index < -0.39 is 0 Å². The summed E-state index contributed by atoms with van der Waals surface area (Å²) < 4.78 is 13.6. The summed E-state index contributed by atoms with van der Waals surface area (Å²) in [4.78, 5) is 0.933. The van der Waals surface area contributed by atoms with Gasteiger partial charge in [-0.15, -0.1) is 11.8 Å². The number of nitrogen functional groups attached to an aromatic ring is 1. The Kier molecular flexibility index (Phi) is 4.54. The van der Waals surface area contributed by atoms with Crippen molar-refractivity contribution in [2.24, 2.45) is 0 Å². The number of nitrogens with two attached hydrogens (primary N) is 1. The molecule has 0 unspecified atom stereocenters. The van der Waals surface area contributed by atoms with Crippen molar-refractivity contribution in [1.29, 1.82) is 0 Å². The highest BCUT2D eigenvalue weighted by atomic mass is 79.9. The van der Waals surface area contributed by atoms with Crippen LogP contribution in [0, 0.1) is 5.82 Å². The summed E-state index contributed by atoms with van der Waals surface area (Å²) in [5.41, 5.74) is 7.58. The minimum atomic E-state index is -0.258. The first-order valence-corrected chi connectivity index (χ1v) is 7.33. The van der Waals surface area contributed by atoms with Gasteiger partial charge in [0.1, 0.15) is 5.82 Å². The lowest BCUT2D eigenvalue weighted by Gasteiger charge is -2.06. The Morgan fingerprint density at radius 2 is 2.00 bits per heavy atom. The second-order valence-electron chi connectivity index (χ2n) is 3.72. The van der Waals surface area contributed by atoms with Crippen LogP contribution in [0.25, 0.3) is 0 Å². The van der Waals surface area contributed by atoms with E-state index in [0.29, 0.717) is 20.9 Å². The smallest absolute Gasteiger partial charge is 0.137 e. The first-order chi connectivity index (χ1) is 8.56. The number of hydrogen-bond acceptors (Lipinski definition) is 2. The Balaban J connectivity index is 2.11. The van der Waals surface area contributed by atoms with E-state index in [1.807, 2.05) is 6.07 Å². The Morgan fingerprint density at radius 3 is 2.72 bits per heavy atom. The Hall–Kier alpha value is -0.710. The fourth-order valence-corrected chi connectivity index (χ4v) is 3.03. The van der Waals surface area contributed by atoms with Crippen LogP contribution in [0.2, 0.25) is 5.02 Å². The Bertz CT molecular complexity index is 577. The molecule has 0 radical (unpaired) electrons. The molecule has 94 valence electrons. The lowest BCUT2D eigenvalue weighted by molar-refractivity contribution is 0.620. The van der Waals surface area contributed by atoms with E-state index in [4.69, 9.17) is 17.3 Å². The van der Waals surface area contributed by atoms with Gasteiger partial charge >= 0.3 is 0 Å². The zero-order valence-electron chi connectivity index (χ0n) is 9.29. The zero-order valence-corrected chi connectivity index (χ0v) is 12.4. The van der Waals surface area contributed by atoms with Crippen molar-refractivity contribution in [2.45, 2.75) is 10.6 Å². The average Bonchev–Trinajstić information content (AvgIpc) is 2.34. The molecule has 5 heteroatoms. The summed E-state index contributed by atoms with van der Waals surface area (Å²) in [6.07, 6.45) is 0. The molecule has 0 heterocycles. The van der Waals surface area contributed by atoms with Crippen molar-refractivity contribution in [3.8, 4) is 0 Å². The molecule has 2 rings (SSSR count). The van der Waals surface area contributed by atoms with Crippen molar-refractivity contribution in [3.05, 3.63) is 57.3 Å². The summed E-state index contributed by atoms with van der Waals surface area (Å²) in [5.74, 6) is 0.453. The van der Waals surface area contributed by atoms with Crippen molar-refractivity contribution in [2.75, 3.05) is 5.73 Å². The Labute approximate surface area is 123 Å². The van der Waals surface area contributed by atoms with Gasteiger partial charge in [0.25, 0.3) is 0 Å². The molecule has 0 saturated carbocycles. The average molecular weight is 347 g/mol. The molecular formula is C13H10BrClFNS. The van der Waals surface area contributed by atoms with Gasteiger partial charge in [0.2, 0.25) is 0 Å². The highest BCUT2D eigenvalue weighted by molar-refractivity contribution is 9.10. The van der Waals surface area contributed by atoms with Crippen LogP contribution in [0.3, 0.4) is 0 Å². The molecule has 2 N–H and O–H groups in total. The van der Waals surface area contributed by atoms with Crippen LogP contribution in [0.1, 0.15) is 5.56 Å². The molecule has 2 aromatic carbocycles. The van der Waals surface area contributed by atoms with E-state index >= 15 is 0 Å². The van der Waals surface area contributed by atoms with E-state index in [0.717, 1.165) is 10.5 Å². The molecule has 0 amide bonds. The van der Waals surface area contributed by atoms with Crippen molar-refractivity contribution < 1.29 is 4.39 Å². The number of hydrogen-bond donors (Lipinski definition) is 1. The maximum atomic E-state index is 13.1. The molecule has 0 bridgehead atoms. The number of anilines is 1. The maximum Gasteiger partial charge on any atom is 0.137 e. The van der Waals surface area contributed by atoms with Gasteiger partial charge in [-0.2, -0.15) is 0 Å². The van der Waals surface area contributed by atoms with Crippen LogP contribution in [0.4, 0.5) is 10.1 Å². The minimum absolute atomic E-state index is 0.258. The first kappa shape index (κ1) is 13.7. The van der Waals surface area contributed by atoms with Gasteiger partial charge in [-0.05, 0) is 51.8 Å². The largest absolute Gasteiger partial charge is 0.398 e. The number of thioether (sulfide) groups is 1. The maximum absolute atomic E-state index is 13.1. The third-order valence-electron chi connectivity index (χ3n) is 2.35. The van der Waals surface area contributed by atoms with Crippen LogP contribution >= 0.6 is 39.3 Å². The quantitative estimate of drug-likeness (QED) is 0.617. The van der Waals surface area contributed by atoms with Crippen LogP contribution in [0.15, 0.2) is 45.8 Å². The van der Waals surface area contributed by atoms with E-state index in [1.54, 1.807) is 36.0 Å². The van der Waals surface area contributed by atoms with Gasteiger partial charge < -0.3 is 5.73 Å². The lowest BCUT2D eigenvalue weighted by Crippen LogP contribution is -1.89. The van der Waals surface area contributed by atoms with Crippen molar-refractivity contribution in [3.63, 3.8) is 0 Å². The zero-order chi connectivity index (χ0) is 13.1. The number of halogens is 3. The van der Waals surface area contributed by atoms with Crippen LogP contribution in [-0.4, -0.2) is 0 Å². The summed E-state index contributed by atoms with van der Waals surface area (Å²) in [6.45, 7) is 0. The standard InChI is InChI=1S/C13H10BrClFNS/c14-10-5-8(1-3-11(10)16)7-18-13-6-9(15)2-4-12(13)17/h1-6H,7,17H2. The molecule has 0 aliphatic heterocycles. The topological polar surface area (TPSA) is 26.0 Å². The minimum Gasteiger partial charge on any atom is -0.398 e. The number of rotatable bonds is 3. The molecule has 0 aromatic heterocycles. The Morgan fingerprint density at radius 1 is 1.22 bits per heavy atom. The molecule has 0 saturated heterocycles. The predicted octanol–water partition coefficient (Wildman–Crippen LogP) is 5.12. The SMILES string of the molecule is Nc1ccc(Cl)cc1SCc1ccc(F)c(Br)c1. The van der Waals surface area contributed by atoms with Crippen molar-refractivity contribution in [1.82, 2.24) is 0 Å². The predicted molar refractivity (Wildman–Crippen MR) is 79.5 cm³/mol. The molecule has 0 fully saturated rings. The van der Waals surface area contributed by atoms with E-state index in [9.17, 15) is 4.39 Å². The van der Waals surface area contributed by atoms with Gasteiger partial charge in [0.15, 0.2) is 0 Å². The van der Waals surface area contributed by atoms with Gasteiger partial charge in [0, 0.05) is 21.4 Å². The molecule has 0 spiro atoms. The van der Waals surface area contributed by atoms with Crippen molar-refractivity contribution >= 4 is 45.0 Å². The third kappa shape index (κ3) is 3.40. The van der Waals surface area contributed by atoms with E-state index in [2.05, 4.69) is 15.9 Å². The summed E-state index contributed by atoms with van der Waals surface area (Å²) in [6, 6.07) is 10.3. The third-order valence-corrected chi connectivity index (χ3v) is 4.34. The van der Waals surface area contributed by atoms with Crippen LogP contribution in [0.5, 0.6) is 0 Å². The first-order valence-electron chi connectivity index (χ1n) is 5.18. The van der Waals surface area contributed by atoms with Gasteiger partial charge in [0.05, 0.1) is 4.47 Å². The highest BCUT2D eigenvalue weighted by Crippen LogP contribution is 2.31. The monoisotopic (exact) mass is 345 g/mol. The second kappa shape index (κ2) is 5.95. The molecule has 18 heavy (non-hydrogen) atoms. The molecule has 0 atom stereocenters. The summed E-state index contributed by atoms with van der Waals surface area (Å²) >= 11 is 10.7. The molecule has 0 aliphatic carbocycles. The van der Waals surface area contributed by atoms with Gasteiger partial charge in [-0.1, -0.05) is 17.7 Å². The molecule has 0 aliphatic rings. The molecule has 1 nitrogen and oxygen atoms in total. The van der Waals surface area contributed by atoms with Gasteiger partial charge in [-0.25, -0.2) is 4.39 Å². The number of benzene rings is 2. The fourth-order valence-electron chi connectivity index (χ4n) is 1.42. The fraction of sp³-hybridized carbons (Fsp3) is 0.0769. The van der Waals surface area contributed by atoms with Crippen LogP contribution in [-0.2, 0) is 5.75 Å². The normalized spacial score (nSPS) is 10.6. The summed E-state index contributed by atoms with van der Waals surface area (Å²) in [5, 5.41) is 0.659. The van der Waals surface area contributed by atoms with Crippen LogP contribution < -0.4 is 5.73 Å². The van der Waals surface area contributed by atoms with E-state index in [1.165, 1.54) is 6.07 Å². The molecule has 2 aromatic rings. The second-order valence-corrected chi connectivity index (χ2v) is 6.03. The summed E-state index contributed by atoms with van der Waals surface area (Å²) in [7, 11) is 0. The van der Waals surface area contributed by atoms with E-state index in [-0.39, 0.29) is 5.82 Å².